The first-order chi connectivity index (χ1) is 6.38. The highest BCUT2D eigenvalue weighted by atomic mass is 19.4. The average molecular weight is 204 g/mol. The van der Waals surface area contributed by atoms with Gasteiger partial charge in [0.1, 0.15) is 5.75 Å². The minimum absolute atomic E-state index is 0.285. The average Bonchev–Trinajstić information content (AvgIpc) is 2.00. The van der Waals surface area contributed by atoms with Crippen molar-refractivity contribution < 1.29 is 17.9 Å². The van der Waals surface area contributed by atoms with Crippen LogP contribution in [0, 0.1) is 13.8 Å². The van der Waals surface area contributed by atoms with E-state index in [4.69, 9.17) is 0 Å². The maximum atomic E-state index is 11.8. The van der Waals surface area contributed by atoms with Gasteiger partial charge in [0.2, 0.25) is 0 Å². The molecule has 0 fully saturated rings. The van der Waals surface area contributed by atoms with Crippen molar-refractivity contribution in [2.24, 2.45) is 0 Å². The summed E-state index contributed by atoms with van der Waals surface area (Å²) in [7, 11) is 0. The summed E-state index contributed by atoms with van der Waals surface area (Å²) in [5.74, 6) is 0.285. The first-order valence-corrected chi connectivity index (χ1v) is 4.15. The first-order valence-electron chi connectivity index (χ1n) is 4.15. The van der Waals surface area contributed by atoms with Gasteiger partial charge in [-0.3, -0.25) is 0 Å². The van der Waals surface area contributed by atoms with Crippen molar-refractivity contribution in [1.29, 1.82) is 0 Å². The van der Waals surface area contributed by atoms with E-state index in [9.17, 15) is 13.2 Å². The van der Waals surface area contributed by atoms with Crippen LogP contribution in [0.15, 0.2) is 18.2 Å². The SMILES string of the molecule is Cc1ccc(OCC(F)(F)F)c(C)c1. The summed E-state index contributed by atoms with van der Waals surface area (Å²) in [6, 6.07) is 5.06. The highest BCUT2D eigenvalue weighted by Crippen LogP contribution is 2.22. The Morgan fingerprint density at radius 1 is 1.21 bits per heavy atom. The van der Waals surface area contributed by atoms with Crippen LogP contribution in [0.25, 0.3) is 0 Å². The molecule has 0 atom stereocenters. The van der Waals surface area contributed by atoms with Crippen LogP contribution < -0.4 is 4.74 Å². The molecule has 4 heteroatoms. The Morgan fingerprint density at radius 3 is 2.36 bits per heavy atom. The topological polar surface area (TPSA) is 9.23 Å². The smallest absolute Gasteiger partial charge is 0.422 e. The molecular formula is C10H11F3O. The molecular weight excluding hydrogens is 193 g/mol. The molecule has 0 saturated carbocycles. The molecule has 0 N–H and O–H groups in total. The third-order valence-electron chi connectivity index (χ3n) is 1.72. The van der Waals surface area contributed by atoms with Crippen LogP contribution in [0.2, 0.25) is 0 Å². The molecule has 0 aliphatic rings. The molecule has 1 nitrogen and oxygen atoms in total. The highest BCUT2D eigenvalue weighted by Gasteiger charge is 2.28. The van der Waals surface area contributed by atoms with Gasteiger partial charge >= 0.3 is 6.18 Å². The molecule has 0 bridgehead atoms. The van der Waals surface area contributed by atoms with Gasteiger partial charge in [-0.1, -0.05) is 17.7 Å². The fourth-order valence-electron chi connectivity index (χ4n) is 1.12. The van der Waals surface area contributed by atoms with E-state index in [1.54, 1.807) is 25.1 Å². The Hall–Kier alpha value is -1.19. The molecule has 0 unspecified atom stereocenters. The van der Waals surface area contributed by atoms with Gasteiger partial charge in [0.15, 0.2) is 6.61 Å². The van der Waals surface area contributed by atoms with Crippen molar-refractivity contribution in [3.05, 3.63) is 29.3 Å². The number of aryl methyl sites for hydroxylation is 2. The van der Waals surface area contributed by atoms with Crippen LogP contribution in [0.1, 0.15) is 11.1 Å². The number of benzene rings is 1. The van der Waals surface area contributed by atoms with E-state index in [0.29, 0.717) is 5.56 Å². The lowest BCUT2D eigenvalue weighted by molar-refractivity contribution is -0.153. The zero-order chi connectivity index (χ0) is 10.8. The normalized spacial score (nSPS) is 11.5. The summed E-state index contributed by atoms with van der Waals surface area (Å²) in [6.45, 7) is 2.36. The van der Waals surface area contributed by atoms with Gasteiger partial charge in [-0.05, 0) is 25.5 Å². The van der Waals surface area contributed by atoms with Crippen molar-refractivity contribution in [3.63, 3.8) is 0 Å². The lowest BCUT2D eigenvalue weighted by atomic mass is 10.1. The summed E-state index contributed by atoms with van der Waals surface area (Å²) in [5.41, 5.74) is 1.72. The molecule has 0 saturated heterocycles. The molecule has 0 heterocycles. The van der Waals surface area contributed by atoms with Crippen LogP contribution in [0.5, 0.6) is 5.75 Å². The van der Waals surface area contributed by atoms with Crippen molar-refractivity contribution in [3.8, 4) is 5.75 Å². The van der Waals surface area contributed by atoms with E-state index in [2.05, 4.69) is 4.74 Å². The second-order valence-corrected chi connectivity index (χ2v) is 3.17. The molecule has 0 aliphatic heterocycles. The van der Waals surface area contributed by atoms with Gasteiger partial charge in [0, 0.05) is 0 Å². The van der Waals surface area contributed by atoms with Crippen LogP contribution >= 0.6 is 0 Å². The van der Waals surface area contributed by atoms with Crippen LogP contribution in [-0.2, 0) is 0 Å². The van der Waals surface area contributed by atoms with E-state index in [0.717, 1.165) is 5.56 Å². The molecule has 0 spiro atoms. The minimum Gasteiger partial charge on any atom is -0.484 e. The number of hydrogen-bond acceptors (Lipinski definition) is 1. The van der Waals surface area contributed by atoms with Gasteiger partial charge in [-0.2, -0.15) is 13.2 Å². The van der Waals surface area contributed by atoms with Crippen molar-refractivity contribution >= 4 is 0 Å². The molecule has 0 aromatic heterocycles. The number of rotatable bonds is 2. The maximum absolute atomic E-state index is 11.8. The van der Waals surface area contributed by atoms with Gasteiger partial charge < -0.3 is 4.74 Å². The van der Waals surface area contributed by atoms with E-state index in [1.165, 1.54) is 0 Å². The maximum Gasteiger partial charge on any atom is 0.422 e. The second-order valence-electron chi connectivity index (χ2n) is 3.17. The molecule has 0 radical (unpaired) electrons. The standard InChI is InChI=1S/C10H11F3O/c1-7-3-4-9(8(2)5-7)14-6-10(11,12)13/h3-5H,6H2,1-2H3. The summed E-state index contributed by atoms with van der Waals surface area (Å²) >= 11 is 0. The summed E-state index contributed by atoms with van der Waals surface area (Å²) in [5, 5.41) is 0. The lowest BCUT2D eigenvalue weighted by Crippen LogP contribution is -2.19. The summed E-state index contributed by atoms with van der Waals surface area (Å²) < 4.78 is 40.1. The Bertz CT molecular complexity index is 318. The van der Waals surface area contributed by atoms with E-state index in [-0.39, 0.29) is 5.75 Å². The number of halogens is 3. The van der Waals surface area contributed by atoms with Crippen molar-refractivity contribution in [1.82, 2.24) is 0 Å². The lowest BCUT2D eigenvalue weighted by Gasteiger charge is -2.11. The number of ether oxygens (including phenoxy) is 1. The zero-order valence-electron chi connectivity index (χ0n) is 7.98. The van der Waals surface area contributed by atoms with Crippen molar-refractivity contribution in [2.45, 2.75) is 20.0 Å². The van der Waals surface area contributed by atoms with Crippen LogP contribution in [0.3, 0.4) is 0 Å². The minimum atomic E-state index is -4.28. The third-order valence-corrected chi connectivity index (χ3v) is 1.72. The van der Waals surface area contributed by atoms with Gasteiger partial charge in [-0.25, -0.2) is 0 Å². The van der Waals surface area contributed by atoms with Crippen LogP contribution in [-0.4, -0.2) is 12.8 Å². The summed E-state index contributed by atoms with van der Waals surface area (Å²) in [4.78, 5) is 0. The monoisotopic (exact) mass is 204 g/mol. The molecule has 1 rings (SSSR count). The number of alkyl halides is 3. The highest BCUT2D eigenvalue weighted by molar-refractivity contribution is 5.35. The molecule has 1 aromatic rings. The Kier molecular flexibility index (Phi) is 3.03. The van der Waals surface area contributed by atoms with E-state index in [1.807, 2.05) is 6.92 Å². The zero-order valence-corrected chi connectivity index (χ0v) is 7.98. The molecule has 78 valence electrons. The largest absolute Gasteiger partial charge is 0.484 e. The van der Waals surface area contributed by atoms with Crippen LogP contribution in [0.4, 0.5) is 13.2 Å². The number of hydrogen-bond donors (Lipinski definition) is 0. The predicted octanol–water partition coefficient (Wildman–Crippen LogP) is 3.24. The van der Waals surface area contributed by atoms with E-state index < -0.39 is 12.8 Å². The second kappa shape index (κ2) is 3.90. The van der Waals surface area contributed by atoms with Gasteiger partial charge in [0.25, 0.3) is 0 Å². The fraction of sp³-hybridized carbons (Fsp3) is 0.400. The molecule has 14 heavy (non-hydrogen) atoms. The molecule has 0 amide bonds. The quantitative estimate of drug-likeness (QED) is 0.718. The molecule has 0 aliphatic carbocycles. The van der Waals surface area contributed by atoms with Crippen molar-refractivity contribution in [2.75, 3.05) is 6.61 Å². The van der Waals surface area contributed by atoms with E-state index >= 15 is 0 Å². The van der Waals surface area contributed by atoms with Gasteiger partial charge in [-0.15, -0.1) is 0 Å². The summed E-state index contributed by atoms with van der Waals surface area (Å²) in [6.07, 6.45) is -4.28. The Balaban J connectivity index is 2.68. The first kappa shape index (κ1) is 10.9. The Morgan fingerprint density at radius 2 is 1.86 bits per heavy atom. The predicted molar refractivity (Wildman–Crippen MR) is 47.5 cm³/mol. The third kappa shape index (κ3) is 3.28. The molecule has 1 aromatic carbocycles. The van der Waals surface area contributed by atoms with Gasteiger partial charge in [0.05, 0.1) is 0 Å². The fourth-order valence-corrected chi connectivity index (χ4v) is 1.12. The Labute approximate surface area is 80.5 Å².